The molecule has 1 aliphatic rings. The number of non-ortho nitro benzene ring substituents is 1. The second kappa shape index (κ2) is 11.3. The number of benzene rings is 2. The second-order valence-electron chi connectivity index (χ2n) is 8.72. The van der Waals surface area contributed by atoms with E-state index >= 15 is 0 Å². The number of aromatic nitrogens is 4. The number of hydrogen-bond donors (Lipinski definition) is 3. The molecule has 3 atom stereocenters. The van der Waals surface area contributed by atoms with Crippen LogP contribution in [0.4, 0.5) is 11.6 Å². The molecule has 2 aromatic carbocycles. The number of nitrogens with one attached hydrogen (secondary N) is 2. The van der Waals surface area contributed by atoms with Gasteiger partial charge in [0.25, 0.3) is 17.2 Å². The average Bonchev–Trinajstić information content (AvgIpc) is 3.54. The number of H-pyrrole nitrogens is 1. The fraction of sp³-hybridized carbons (Fsp3) is 0.240. The van der Waals surface area contributed by atoms with Crippen molar-refractivity contribution >= 4 is 34.7 Å². The van der Waals surface area contributed by atoms with Gasteiger partial charge in [-0.05, 0) is 24.3 Å². The molecule has 15 heteroatoms. The molecule has 0 radical (unpaired) electrons. The quantitative estimate of drug-likeness (QED) is 0.155. The van der Waals surface area contributed by atoms with E-state index in [4.69, 9.17) is 14.2 Å². The maximum absolute atomic E-state index is 12.5. The molecular weight excluding hydrogens is 528 g/mol. The van der Waals surface area contributed by atoms with Crippen LogP contribution in [-0.4, -0.2) is 66.8 Å². The Morgan fingerprint density at radius 1 is 1.20 bits per heavy atom. The number of carbonyl (C=O) groups excluding carboxylic acids is 2. The van der Waals surface area contributed by atoms with Crippen LogP contribution >= 0.6 is 0 Å². The van der Waals surface area contributed by atoms with Crippen LogP contribution in [0.3, 0.4) is 0 Å². The first-order valence-electron chi connectivity index (χ1n) is 12.0. The molecule has 1 amide bonds. The topological polar surface area (TPSA) is 201 Å². The molecule has 3 N–H and O–H groups in total. The minimum atomic E-state index is -1.02. The molecule has 1 saturated heterocycles. The number of amides is 1. The number of aliphatic hydroxyl groups excluding tert-OH is 1. The smallest absolute Gasteiger partial charge is 0.338 e. The number of anilines is 1. The van der Waals surface area contributed by atoms with E-state index < -0.39 is 40.8 Å². The standard InChI is InChI=1S/C25H22N6O9/c32-17-10-20(40-18(17)11-39-24(35)14-6-8-15(9-7-14)31(36)37)30-13-26-21-22(30)28-25(29-23(21)34)27-19(33)12-38-16-4-2-1-3-5-16/h1-9,13,17-18,20,32H,10-12H2,(H2,27,28,29,33,34)/t17-,18+,20+/m0/s1. The lowest BCUT2D eigenvalue weighted by Gasteiger charge is -2.16. The highest BCUT2D eigenvalue weighted by atomic mass is 16.6. The zero-order chi connectivity index (χ0) is 28.2. The van der Waals surface area contributed by atoms with Crippen molar-refractivity contribution in [2.24, 2.45) is 0 Å². The van der Waals surface area contributed by atoms with E-state index in [0.29, 0.717) is 5.75 Å². The number of nitro groups is 1. The third-order valence-corrected chi connectivity index (χ3v) is 6.01. The highest BCUT2D eigenvalue weighted by Gasteiger charge is 2.37. The van der Waals surface area contributed by atoms with Crippen LogP contribution in [0.1, 0.15) is 23.0 Å². The van der Waals surface area contributed by atoms with Crippen LogP contribution in [0.15, 0.2) is 65.7 Å². The number of para-hydroxylation sites is 1. The Balaban J connectivity index is 1.23. The summed E-state index contributed by atoms with van der Waals surface area (Å²) in [5.41, 5.74) is -0.580. The Kier molecular flexibility index (Phi) is 7.48. The zero-order valence-corrected chi connectivity index (χ0v) is 20.6. The number of esters is 1. The Hall–Kier alpha value is -5.15. The van der Waals surface area contributed by atoms with Gasteiger partial charge >= 0.3 is 5.97 Å². The van der Waals surface area contributed by atoms with E-state index in [1.165, 1.54) is 35.2 Å². The van der Waals surface area contributed by atoms with E-state index in [2.05, 4.69) is 20.3 Å². The van der Waals surface area contributed by atoms with Gasteiger partial charge < -0.3 is 19.3 Å². The molecule has 40 heavy (non-hydrogen) atoms. The summed E-state index contributed by atoms with van der Waals surface area (Å²) < 4.78 is 17.9. The van der Waals surface area contributed by atoms with Gasteiger partial charge in [0.1, 0.15) is 24.7 Å². The van der Waals surface area contributed by atoms with Crippen molar-refractivity contribution in [3.8, 4) is 5.75 Å². The number of fused-ring (bicyclic) bond motifs is 1. The van der Waals surface area contributed by atoms with Crippen molar-refractivity contribution in [1.82, 2.24) is 19.5 Å². The molecule has 4 aromatic rings. The third kappa shape index (κ3) is 5.79. The van der Waals surface area contributed by atoms with Crippen molar-refractivity contribution in [3.63, 3.8) is 0 Å². The van der Waals surface area contributed by atoms with Crippen molar-refractivity contribution in [3.05, 3.63) is 87.0 Å². The predicted molar refractivity (Wildman–Crippen MR) is 137 cm³/mol. The van der Waals surface area contributed by atoms with Gasteiger partial charge in [0.2, 0.25) is 5.95 Å². The van der Waals surface area contributed by atoms with Crippen LogP contribution in [0.5, 0.6) is 5.75 Å². The molecule has 0 bridgehead atoms. The number of nitro benzene ring substituents is 1. The molecule has 0 unspecified atom stereocenters. The minimum Gasteiger partial charge on any atom is -0.484 e. The summed E-state index contributed by atoms with van der Waals surface area (Å²) in [6.07, 6.45) is -1.34. The maximum atomic E-state index is 12.5. The molecule has 3 heterocycles. The van der Waals surface area contributed by atoms with Crippen molar-refractivity contribution in [1.29, 1.82) is 0 Å². The monoisotopic (exact) mass is 550 g/mol. The predicted octanol–water partition coefficient (Wildman–Crippen LogP) is 1.55. The van der Waals surface area contributed by atoms with E-state index in [0.717, 1.165) is 0 Å². The van der Waals surface area contributed by atoms with Crippen LogP contribution in [0.2, 0.25) is 0 Å². The number of carbonyl (C=O) groups is 2. The second-order valence-corrected chi connectivity index (χ2v) is 8.72. The summed E-state index contributed by atoms with van der Waals surface area (Å²) in [5, 5.41) is 23.8. The molecule has 5 rings (SSSR count). The van der Waals surface area contributed by atoms with Crippen molar-refractivity contribution in [2.75, 3.05) is 18.5 Å². The van der Waals surface area contributed by atoms with Gasteiger partial charge in [-0.1, -0.05) is 18.2 Å². The fourth-order valence-corrected chi connectivity index (χ4v) is 4.03. The highest BCUT2D eigenvalue weighted by Crippen LogP contribution is 2.31. The highest BCUT2D eigenvalue weighted by molar-refractivity contribution is 5.91. The summed E-state index contributed by atoms with van der Waals surface area (Å²) in [7, 11) is 0. The van der Waals surface area contributed by atoms with Gasteiger partial charge in [-0.25, -0.2) is 9.78 Å². The van der Waals surface area contributed by atoms with Gasteiger partial charge in [-0.3, -0.25) is 34.6 Å². The molecular formula is C25H22N6O9. The number of nitrogens with zero attached hydrogens (tertiary/aromatic N) is 4. The molecule has 1 aliphatic heterocycles. The normalized spacial score (nSPS) is 18.4. The van der Waals surface area contributed by atoms with Gasteiger partial charge in [-0.2, -0.15) is 4.98 Å². The van der Waals surface area contributed by atoms with Crippen LogP contribution in [-0.2, 0) is 14.3 Å². The molecule has 15 nitrogen and oxygen atoms in total. The Morgan fingerprint density at radius 3 is 2.67 bits per heavy atom. The van der Waals surface area contributed by atoms with E-state index in [9.17, 15) is 29.6 Å². The summed E-state index contributed by atoms with van der Waals surface area (Å²) in [6.45, 7) is -0.611. The SMILES string of the molecule is O=C(COc1ccccc1)Nc1nc2c(ncn2[C@H]2C[C@H](O)[C@@H](COC(=O)c3ccc([N+](=O)[O-])cc3)O2)c(=O)[nH]1. The van der Waals surface area contributed by atoms with Gasteiger partial charge in [0.15, 0.2) is 17.8 Å². The molecule has 206 valence electrons. The Labute approximate surface area is 224 Å². The summed E-state index contributed by atoms with van der Waals surface area (Å²) >= 11 is 0. The number of aliphatic hydroxyl groups is 1. The molecule has 1 fully saturated rings. The van der Waals surface area contributed by atoms with Crippen molar-refractivity contribution < 1.29 is 33.8 Å². The van der Waals surface area contributed by atoms with Crippen LogP contribution in [0.25, 0.3) is 11.2 Å². The van der Waals surface area contributed by atoms with Crippen LogP contribution in [0, 0.1) is 10.1 Å². The number of imidazole rings is 1. The van der Waals surface area contributed by atoms with E-state index in [-0.39, 0.29) is 48.0 Å². The first kappa shape index (κ1) is 26.5. The van der Waals surface area contributed by atoms with Crippen molar-refractivity contribution in [2.45, 2.75) is 24.9 Å². The molecule has 0 aliphatic carbocycles. The first-order chi connectivity index (χ1) is 19.3. The minimum absolute atomic E-state index is 0.00956. The number of aromatic amines is 1. The van der Waals surface area contributed by atoms with Gasteiger partial charge in [0.05, 0.1) is 22.9 Å². The number of hydrogen-bond acceptors (Lipinski definition) is 11. The summed E-state index contributed by atoms with van der Waals surface area (Å²) in [6, 6.07) is 13.6. The fourth-order valence-electron chi connectivity index (χ4n) is 4.03. The largest absolute Gasteiger partial charge is 0.484 e. The first-order valence-corrected chi connectivity index (χ1v) is 12.0. The van der Waals surface area contributed by atoms with Crippen LogP contribution < -0.4 is 15.6 Å². The lowest BCUT2D eigenvalue weighted by molar-refractivity contribution is -0.384. The average molecular weight is 550 g/mol. The summed E-state index contributed by atoms with van der Waals surface area (Å²) in [4.78, 5) is 58.2. The molecule has 2 aromatic heterocycles. The van der Waals surface area contributed by atoms with Gasteiger partial charge in [0, 0.05) is 18.6 Å². The third-order valence-electron chi connectivity index (χ3n) is 6.01. The Morgan fingerprint density at radius 2 is 1.95 bits per heavy atom. The summed E-state index contributed by atoms with van der Waals surface area (Å²) in [5.74, 6) is -0.933. The van der Waals surface area contributed by atoms with E-state index in [1.54, 1.807) is 24.3 Å². The lowest BCUT2D eigenvalue weighted by Crippen LogP contribution is -2.28. The zero-order valence-electron chi connectivity index (χ0n) is 20.6. The molecule has 0 spiro atoms. The number of ether oxygens (including phenoxy) is 3. The lowest BCUT2D eigenvalue weighted by atomic mass is 10.2. The Bertz CT molecular complexity index is 1600. The maximum Gasteiger partial charge on any atom is 0.338 e. The molecule has 0 saturated carbocycles. The van der Waals surface area contributed by atoms with Gasteiger partial charge in [-0.15, -0.1) is 0 Å². The van der Waals surface area contributed by atoms with E-state index in [1.807, 2.05) is 6.07 Å². The number of rotatable bonds is 9.